The molecule has 1 aliphatic carbocycles. The summed E-state index contributed by atoms with van der Waals surface area (Å²) in [6.07, 6.45) is 3.97. The fourth-order valence-electron chi connectivity index (χ4n) is 2.09. The van der Waals surface area contributed by atoms with Gasteiger partial charge in [0.15, 0.2) is 0 Å². The lowest BCUT2D eigenvalue weighted by Gasteiger charge is -2.01. The van der Waals surface area contributed by atoms with Gasteiger partial charge in [0.1, 0.15) is 0 Å². The predicted octanol–water partition coefficient (Wildman–Crippen LogP) is 2.40. The van der Waals surface area contributed by atoms with Crippen LogP contribution >= 0.6 is 11.3 Å². The second kappa shape index (κ2) is 6.74. The molecule has 0 radical (unpaired) electrons. The van der Waals surface area contributed by atoms with Gasteiger partial charge in [0.25, 0.3) is 5.91 Å². The fraction of sp³-hybridized carbons (Fsp3) is 0.533. The number of nitrogens with one attached hydrogen (secondary N) is 1. The third-order valence-corrected chi connectivity index (χ3v) is 4.05. The van der Waals surface area contributed by atoms with Gasteiger partial charge in [0, 0.05) is 17.8 Å². The van der Waals surface area contributed by atoms with Crippen molar-refractivity contribution >= 4 is 17.2 Å². The summed E-state index contributed by atoms with van der Waals surface area (Å²) in [5.74, 6) is 6.49. The lowest BCUT2D eigenvalue weighted by Crippen LogP contribution is -2.26. The number of hydrogen-bond acceptors (Lipinski definition) is 3. The van der Waals surface area contributed by atoms with E-state index in [9.17, 15) is 4.79 Å². The zero-order valence-electron chi connectivity index (χ0n) is 11.1. The largest absolute Gasteiger partial charge is 0.395 e. The highest BCUT2D eigenvalue weighted by molar-refractivity contribution is 7.10. The van der Waals surface area contributed by atoms with Crippen LogP contribution in [0.2, 0.25) is 0 Å². The SMILES string of the molecule is CCCC1CC1NC(=O)c1csc(C#CCCO)c1. The molecule has 0 aliphatic heterocycles. The lowest BCUT2D eigenvalue weighted by atomic mass is 10.2. The molecule has 2 rings (SSSR count). The molecular weight excluding hydrogens is 258 g/mol. The smallest absolute Gasteiger partial charge is 0.252 e. The van der Waals surface area contributed by atoms with Crippen LogP contribution in [0.5, 0.6) is 0 Å². The molecule has 102 valence electrons. The summed E-state index contributed by atoms with van der Waals surface area (Å²) in [6, 6.07) is 2.19. The van der Waals surface area contributed by atoms with Gasteiger partial charge in [-0.05, 0) is 24.8 Å². The standard InChI is InChI=1S/C15H19NO2S/c1-2-5-11-9-14(11)16-15(18)12-8-13(19-10-12)6-3-4-7-17/h8,10-11,14,17H,2,4-5,7,9H2,1H3,(H,16,18). The van der Waals surface area contributed by atoms with Crippen molar-refractivity contribution in [1.82, 2.24) is 5.32 Å². The van der Waals surface area contributed by atoms with Gasteiger partial charge in [0.05, 0.1) is 17.0 Å². The van der Waals surface area contributed by atoms with Gasteiger partial charge in [-0.2, -0.15) is 0 Å². The zero-order valence-corrected chi connectivity index (χ0v) is 11.9. The quantitative estimate of drug-likeness (QED) is 0.812. The van der Waals surface area contributed by atoms with Crippen molar-refractivity contribution in [2.24, 2.45) is 5.92 Å². The van der Waals surface area contributed by atoms with Crippen LogP contribution in [0, 0.1) is 17.8 Å². The Hall–Kier alpha value is -1.31. The van der Waals surface area contributed by atoms with Crippen molar-refractivity contribution in [3.05, 3.63) is 21.9 Å². The summed E-state index contributed by atoms with van der Waals surface area (Å²) < 4.78 is 0. The van der Waals surface area contributed by atoms with Crippen LogP contribution in [0.4, 0.5) is 0 Å². The summed E-state index contributed by atoms with van der Waals surface area (Å²) in [4.78, 5) is 12.9. The Morgan fingerprint density at radius 1 is 1.63 bits per heavy atom. The maximum Gasteiger partial charge on any atom is 0.252 e. The van der Waals surface area contributed by atoms with Crippen molar-refractivity contribution in [3.63, 3.8) is 0 Å². The molecule has 1 aliphatic rings. The molecule has 0 saturated heterocycles. The third-order valence-electron chi connectivity index (χ3n) is 3.21. The van der Waals surface area contributed by atoms with Crippen LogP contribution < -0.4 is 5.32 Å². The topological polar surface area (TPSA) is 49.3 Å². The van der Waals surface area contributed by atoms with E-state index >= 15 is 0 Å². The van der Waals surface area contributed by atoms with Crippen LogP contribution in [0.25, 0.3) is 0 Å². The number of carbonyl (C=O) groups is 1. The number of carbonyl (C=O) groups excluding carboxylic acids is 1. The molecule has 0 bridgehead atoms. The number of hydrogen-bond donors (Lipinski definition) is 2. The third kappa shape index (κ3) is 4.09. The van der Waals surface area contributed by atoms with Crippen molar-refractivity contribution in [1.29, 1.82) is 0 Å². The normalized spacial score (nSPS) is 20.5. The van der Waals surface area contributed by atoms with Gasteiger partial charge in [-0.15, -0.1) is 11.3 Å². The van der Waals surface area contributed by atoms with Gasteiger partial charge < -0.3 is 10.4 Å². The number of aliphatic hydroxyl groups is 1. The minimum absolute atomic E-state index is 0.00932. The van der Waals surface area contributed by atoms with Crippen molar-refractivity contribution in [3.8, 4) is 11.8 Å². The molecule has 2 unspecified atom stereocenters. The Bertz CT molecular complexity index is 498. The van der Waals surface area contributed by atoms with Gasteiger partial charge in [-0.3, -0.25) is 4.79 Å². The summed E-state index contributed by atoms with van der Waals surface area (Å²) in [6.45, 7) is 2.25. The Kier molecular flexibility index (Phi) is 5.00. The maximum atomic E-state index is 12.0. The zero-order chi connectivity index (χ0) is 13.7. The molecule has 1 fully saturated rings. The first-order valence-electron chi connectivity index (χ1n) is 6.73. The number of thiophene rings is 1. The molecule has 1 aromatic heterocycles. The molecule has 19 heavy (non-hydrogen) atoms. The molecule has 2 atom stereocenters. The summed E-state index contributed by atoms with van der Waals surface area (Å²) in [5, 5.41) is 13.6. The van der Waals surface area contributed by atoms with E-state index in [1.807, 2.05) is 11.4 Å². The monoisotopic (exact) mass is 277 g/mol. The van der Waals surface area contributed by atoms with E-state index in [0.29, 0.717) is 23.9 Å². The highest BCUT2D eigenvalue weighted by Gasteiger charge is 2.37. The van der Waals surface area contributed by atoms with E-state index in [4.69, 9.17) is 5.11 Å². The van der Waals surface area contributed by atoms with Crippen LogP contribution in [0.3, 0.4) is 0 Å². The molecule has 1 saturated carbocycles. The second-order valence-corrected chi connectivity index (χ2v) is 5.75. The summed E-state index contributed by atoms with van der Waals surface area (Å²) in [5.41, 5.74) is 0.695. The lowest BCUT2D eigenvalue weighted by molar-refractivity contribution is 0.0949. The molecule has 0 spiro atoms. The molecule has 2 N–H and O–H groups in total. The number of aliphatic hydroxyl groups excluding tert-OH is 1. The van der Waals surface area contributed by atoms with Crippen LogP contribution in [0.15, 0.2) is 11.4 Å². The average Bonchev–Trinajstić information content (AvgIpc) is 2.93. The minimum atomic E-state index is 0.00932. The van der Waals surface area contributed by atoms with Crippen molar-refractivity contribution in [2.45, 2.75) is 38.6 Å². The highest BCUT2D eigenvalue weighted by Crippen LogP contribution is 2.34. The molecule has 1 heterocycles. The Labute approximate surface area is 118 Å². The Morgan fingerprint density at radius 2 is 2.47 bits per heavy atom. The fourth-order valence-corrected chi connectivity index (χ4v) is 2.85. The first-order valence-corrected chi connectivity index (χ1v) is 7.61. The Morgan fingerprint density at radius 3 is 3.21 bits per heavy atom. The molecule has 1 aromatic rings. The summed E-state index contributed by atoms with van der Waals surface area (Å²) >= 11 is 1.47. The maximum absolute atomic E-state index is 12.0. The Balaban J connectivity index is 1.85. The van der Waals surface area contributed by atoms with E-state index < -0.39 is 0 Å². The van der Waals surface area contributed by atoms with Crippen molar-refractivity contribution < 1.29 is 9.90 Å². The molecule has 3 nitrogen and oxygen atoms in total. The van der Waals surface area contributed by atoms with Gasteiger partial charge in [0.2, 0.25) is 0 Å². The van der Waals surface area contributed by atoms with E-state index in [1.54, 1.807) is 0 Å². The molecular formula is C15H19NO2S. The van der Waals surface area contributed by atoms with Gasteiger partial charge >= 0.3 is 0 Å². The van der Waals surface area contributed by atoms with Crippen LogP contribution in [-0.4, -0.2) is 23.7 Å². The molecule has 0 aromatic carbocycles. The minimum Gasteiger partial charge on any atom is -0.395 e. The van der Waals surface area contributed by atoms with Gasteiger partial charge in [-0.25, -0.2) is 0 Å². The first kappa shape index (κ1) is 14.1. The number of rotatable bonds is 5. The van der Waals surface area contributed by atoms with Crippen molar-refractivity contribution in [2.75, 3.05) is 6.61 Å². The first-order chi connectivity index (χ1) is 9.24. The van der Waals surface area contributed by atoms with E-state index in [0.717, 1.165) is 11.3 Å². The summed E-state index contributed by atoms with van der Waals surface area (Å²) in [7, 11) is 0. The molecule has 4 heteroatoms. The molecule has 1 amide bonds. The van der Waals surface area contributed by atoms with Crippen LogP contribution in [-0.2, 0) is 0 Å². The van der Waals surface area contributed by atoms with E-state index in [1.165, 1.54) is 24.2 Å². The highest BCUT2D eigenvalue weighted by atomic mass is 32.1. The van der Waals surface area contributed by atoms with Crippen LogP contribution in [0.1, 0.15) is 47.8 Å². The van der Waals surface area contributed by atoms with E-state index in [-0.39, 0.29) is 12.5 Å². The predicted molar refractivity (Wildman–Crippen MR) is 77.2 cm³/mol. The second-order valence-electron chi connectivity index (χ2n) is 4.84. The average molecular weight is 277 g/mol. The van der Waals surface area contributed by atoms with E-state index in [2.05, 4.69) is 24.1 Å². The van der Waals surface area contributed by atoms with Gasteiger partial charge in [-0.1, -0.05) is 25.2 Å². The number of amides is 1.